The molecule has 2 aromatic rings. The fraction of sp³-hybridized carbons (Fsp3) is 0.467. The zero-order chi connectivity index (χ0) is 13.2. The Kier molecular flexibility index (Phi) is 3.34. The van der Waals surface area contributed by atoms with Gasteiger partial charge < -0.3 is 5.32 Å². The number of nitrogens with one attached hydrogen (secondary N) is 1. The van der Waals surface area contributed by atoms with Gasteiger partial charge >= 0.3 is 0 Å². The maximum Gasteiger partial charge on any atom is 0.0834 e. The van der Waals surface area contributed by atoms with Crippen LogP contribution in [0.25, 0.3) is 0 Å². The molecular formula is C15H20N4. The van der Waals surface area contributed by atoms with E-state index in [2.05, 4.69) is 41.6 Å². The number of pyridine rings is 1. The lowest BCUT2D eigenvalue weighted by Gasteiger charge is -2.07. The van der Waals surface area contributed by atoms with Crippen LogP contribution in [-0.2, 0) is 13.1 Å². The van der Waals surface area contributed by atoms with Crippen molar-refractivity contribution in [3.05, 3.63) is 47.0 Å². The van der Waals surface area contributed by atoms with Crippen molar-refractivity contribution in [2.24, 2.45) is 0 Å². The Morgan fingerprint density at radius 3 is 2.74 bits per heavy atom. The van der Waals surface area contributed by atoms with Crippen molar-refractivity contribution < 1.29 is 0 Å². The summed E-state index contributed by atoms with van der Waals surface area (Å²) in [6.45, 7) is 5.72. The summed E-state index contributed by atoms with van der Waals surface area (Å²) in [5, 5.41) is 7.97. The lowest BCUT2D eigenvalue weighted by Crippen LogP contribution is -2.17. The first kappa shape index (κ1) is 12.4. The molecule has 4 heteroatoms. The van der Waals surface area contributed by atoms with Crippen molar-refractivity contribution in [3.63, 3.8) is 0 Å². The first-order valence-corrected chi connectivity index (χ1v) is 6.90. The van der Waals surface area contributed by atoms with E-state index in [0.29, 0.717) is 0 Å². The van der Waals surface area contributed by atoms with Crippen LogP contribution in [0.5, 0.6) is 0 Å². The predicted octanol–water partition coefficient (Wildman–Crippen LogP) is 2.20. The summed E-state index contributed by atoms with van der Waals surface area (Å²) in [4.78, 5) is 4.69. The van der Waals surface area contributed by atoms with E-state index in [1.165, 1.54) is 18.5 Å². The van der Waals surface area contributed by atoms with Gasteiger partial charge in [0.05, 0.1) is 23.6 Å². The molecule has 0 radical (unpaired) electrons. The molecule has 1 aliphatic rings. The average Bonchev–Trinajstić information content (AvgIpc) is 3.15. The summed E-state index contributed by atoms with van der Waals surface area (Å²) in [6.07, 6.45) is 2.62. The molecule has 1 aliphatic carbocycles. The summed E-state index contributed by atoms with van der Waals surface area (Å²) in [6, 6.07) is 9.05. The first-order chi connectivity index (χ1) is 9.20. The predicted molar refractivity (Wildman–Crippen MR) is 74.9 cm³/mol. The number of rotatable bonds is 5. The average molecular weight is 256 g/mol. The van der Waals surface area contributed by atoms with Gasteiger partial charge in [0.25, 0.3) is 0 Å². The number of aromatic nitrogens is 3. The molecule has 1 fully saturated rings. The standard InChI is InChI=1S/C15H20N4/c1-11-8-12(2)19(18-11)10-15-5-3-4-14(17-15)9-16-13-6-7-13/h3-5,8,13,16H,6-7,9-10H2,1-2H3. The number of hydrogen-bond donors (Lipinski definition) is 1. The number of hydrogen-bond acceptors (Lipinski definition) is 3. The lowest BCUT2D eigenvalue weighted by atomic mass is 10.3. The van der Waals surface area contributed by atoms with Gasteiger partial charge in [-0.15, -0.1) is 0 Å². The summed E-state index contributed by atoms with van der Waals surface area (Å²) in [7, 11) is 0. The molecule has 0 saturated heterocycles. The van der Waals surface area contributed by atoms with Crippen molar-refractivity contribution in [2.75, 3.05) is 0 Å². The van der Waals surface area contributed by atoms with E-state index in [4.69, 9.17) is 4.98 Å². The second kappa shape index (κ2) is 5.13. The second-order valence-corrected chi connectivity index (χ2v) is 5.36. The van der Waals surface area contributed by atoms with Gasteiger partial charge in [-0.25, -0.2) is 0 Å². The van der Waals surface area contributed by atoms with Crippen molar-refractivity contribution >= 4 is 0 Å². The van der Waals surface area contributed by atoms with Gasteiger partial charge in [-0.2, -0.15) is 5.10 Å². The minimum absolute atomic E-state index is 0.724. The highest BCUT2D eigenvalue weighted by Gasteiger charge is 2.20. The second-order valence-electron chi connectivity index (χ2n) is 5.36. The van der Waals surface area contributed by atoms with Gasteiger partial charge in [-0.1, -0.05) is 6.07 Å². The fourth-order valence-corrected chi connectivity index (χ4v) is 2.24. The van der Waals surface area contributed by atoms with Crippen LogP contribution in [-0.4, -0.2) is 20.8 Å². The highest BCUT2D eigenvalue weighted by molar-refractivity contribution is 5.14. The largest absolute Gasteiger partial charge is 0.308 e. The molecule has 1 N–H and O–H groups in total. The molecule has 0 atom stereocenters. The van der Waals surface area contributed by atoms with Gasteiger partial charge in [0.15, 0.2) is 0 Å². The van der Waals surface area contributed by atoms with E-state index in [1.54, 1.807) is 0 Å². The lowest BCUT2D eigenvalue weighted by molar-refractivity contribution is 0.633. The molecule has 0 amide bonds. The SMILES string of the molecule is Cc1cc(C)n(Cc2cccc(CNC3CC3)n2)n1. The molecule has 0 spiro atoms. The normalized spacial score (nSPS) is 14.8. The summed E-state index contributed by atoms with van der Waals surface area (Å²) >= 11 is 0. The third-order valence-electron chi connectivity index (χ3n) is 3.43. The van der Waals surface area contributed by atoms with Gasteiger partial charge in [-0.05, 0) is 44.9 Å². The number of nitrogens with zero attached hydrogens (tertiary/aromatic N) is 3. The van der Waals surface area contributed by atoms with E-state index in [0.717, 1.165) is 36.2 Å². The van der Waals surface area contributed by atoms with Crippen LogP contribution >= 0.6 is 0 Å². The molecule has 2 heterocycles. The van der Waals surface area contributed by atoms with E-state index in [9.17, 15) is 0 Å². The van der Waals surface area contributed by atoms with Gasteiger partial charge in [0, 0.05) is 18.3 Å². The highest BCUT2D eigenvalue weighted by Crippen LogP contribution is 2.19. The van der Waals surface area contributed by atoms with Crippen LogP contribution in [0.15, 0.2) is 24.3 Å². The van der Waals surface area contributed by atoms with Crippen LogP contribution in [0.2, 0.25) is 0 Å². The van der Waals surface area contributed by atoms with Crippen molar-refractivity contribution in [1.29, 1.82) is 0 Å². The molecule has 0 aromatic carbocycles. The zero-order valence-corrected chi connectivity index (χ0v) is 11.6. The minimum Gasteiger partial charge on any atom is -0.308 e. The van der Waals surface area contributed by atoms with Gasteiger partial charge in [0.2, 0.25) is 0 Å². The Hall–Kier alpha value is -1.68. The molecule has 4 nitrogen and oxygen atoms in total. The minimum atomic E-state index is 0.724. The molecule has 1 saturated carbocycles. The zero-order valence-electron chi connectivity index (χ0n) is 11.6. The van der Waals surface area contributed by atoms with Crippen molar-refractivity contribution in [2.45, 2.75) is 45.8 Å². The van der Waals surface area contributed by atoms with Crippen molar-refractivity contribution in [1.82, 2.24) is 20.1 Å². The molecule has 100 valence electrons. The highest BCUT2D eigenvalue weighted by atomic mass is 15.3. The third-order valence-corrected chi connectivity index (χ3v) is 3.43. The van der Waals surface area contributed by atoms with Crippen molar-refractivity contribution in [3.8, 4) is 0 Å². The topological polar surface area (TPSA) is 42.7 Å². The molecule has 19 heavy (non-hydrogen) atoms. The van der Waals surface area contributed by atoms with E-state index < -0.39 is 0 Å². The third kappa shape index (κ3) is 3.20. The van der Waals surface area contributed by atoms with E-state index in [1.807, 2.05) is 11.6 Å². The van der Waals surface area contributed by atoms with Gasteiger partial charge in [0.1, 0.15) is 0 Å². The van der Waals surface area contributed by atoms with E-state index >= 15 is 0 Å². The molecule has 0 aliphatic heterocycles. The molecular weight excluding hydrogens is 236 g/mol. The fourth-order valence-electron chi connectivity index (χ4n) is 2.24. The summed E-state index contributed by atoms with van der Waals surface area (Å²) < 4.78 is 2.01. The van der Waals surface area contributed by atoms with E-state index in [-0.39, 0.29) is 0 Å². The van der Waals surface area contributed by atoms with Gasteiger partial charge in [-0.3, -0.25) is 9.67 Å². The maximum absolute atomic E-state index is 4.69. The first-order valence-electron chi connectivity index (χ1n) is 6.90. The molecule has 2 aromatic heterocycles. The van der Waals surface area contributed by atoms with Crippen LogP contribution in [0.4, 0.5) is 0 Å². The molecule has 0 bridgehead atoms. The quantitative estimate of drug-likeness (QED) is 0.891. The Bertz CT molecular complexity index is 569. The van der Waals surface area contributed by atoms with Crippen LogP contribution in [0.1, 0.15) is 35.6 Å². The number of aryl methyl sites for hydroxylation is 2. The summed E-state index contributed by atoms with van der Waals surface area (Å²) in [5.74, 6) is 0. The summed E-state index contributed by atoms with van der Waals surface area (Å²) in [5.41, 5.74) is 4.43. The Morgan fingerprint density at radius 1 is 1.26 bits per heavy atom. The van der Waals surface area contributed by atoms with Crippen LogP contribution in [0, 0.1) is 13.8 Å². The molecule has 0 unspecified atom stereocenters. The Labute approximate surface area is 113 Å². The molecule has 3 rings (SSSR count). The van der Waals surface area contributed by atoms with Crippen LogP contribution in [0.3, 0.4) is 0 Å². The Morgan fingerprint density at radius 2 is 2.05 bits per heavy atom. The smallest absolute Gasteiger partial charge is 0.0834 e. The monoisotopic (exact) mass is 256 g/mol. The maximum atomic E-state index is 4.69. The van der Waals surface area contributed by atoms with Crippen LogP contribution < -0.4 is 5.32 Å². The Balaban J connectivity index is 1.69.